The minimum Gasteiger partial charge on any atom is -0.497 e. The van der Waals surface area contributed by atoms with E-state index >= 15 is 0 Å². The van der Waals surface area contributed by atoms with Gasteiger partial charge in [0, 0.05) is 17.9 Å². The van der Waals surface area contributed by atoms with Gasteiger partial charge in [-0.25, -0.2) is 0 Å². The number of aryl methyl sites for hydroxylation is 1. The van der Waals surface area contributed by atoms with Crippen LogP contribution in [0.2, 0.25) is 0 Å². The normalized spacial score (nSPS) is 10.5. The number of ether oxygens (including phenoxy) is 1. The van der Waals surface area contributed by atoms with E-state index in [0.29, 0.717) is 23.2 Å². The van der Waals surface area contributed by atoms with Crippen LogP contribution in [0.4, 0.5) is 11.4 Å². The molecule has 1 heterocycles. The Hall–Kier alpha value is -3.33. The van der Waals surface area contributed by atoms with Crippen molar-refractivity contribution in [1.29, 1.82) is 0 Å². The lowest BCUT2D eigenvalue weighted by Gasteiger charge is -2.09. The van der Waals surface area contributed by atoms with Crippen molar-refractivity contribution in [1.82, 2.24) is 14.8 Å². The van der Waals surface area contributed by atoms with Crippen LogP contribution in [0, 0.1) is 6.92 Å². The second kappa shape index (κ2) is 10.6. The number of methoxy groups -OCH3 is 1. The summed E-state index contributed by atoms with van der Waals surface area (Å²) in [5.41, 5.74) is 2.47. The van der Waals surface area contributed by atoms with Gasteiger partial charge in [-0.3, -0.25) is 9.59 Å². The van der Waals surface area contributed by atoms with Gasteiger partial charge in [-0.05, 0) is 49.7 Å². The maximum Gasteiger partial charge on any atom is 0.234 e. The van der Waals surface area contributed by atoms with E-state index in [0.717, 1.165) is 17.0 Å². The van der Waals surface area contributed by atoms with Crippen LogP contribution in [0.3, 0.4) is 0 Å². The highest BCUT2D eigenvalue weighted by Crippen LogP contribution is 2.20. The molecule has 2 N–H and O–H groups in total. The molecule has 2 amide bonds. The van der Waals surface area contributed by atoms with E-state index in [2.05, 4.69) is 20.8 Å². The number of benzene rings is 2. The number of carbonyl (C=O) groups excluding carboxylic acids is 2. The van der Waals surface area contributed by atoms with E-state index in [1.165, 1.54) is 11.8 Å². The van der Waals surface area contributed by atoms with Gasteiger partial charge >= 0.3 is 0 Å². The van der Waals surface area contributed by atoms with E-state index < -0.39 is 0 Å². The summed E-state index contributed by atoms with van der Waals surface area (Å²) in [6.07, 6.45) is 0.0861. The predicted octanol–water partition coefficient (Wildman–Crippen LogP) is 3.53. The number of hydrogen-bond donors (Lipinski definition) is 2. The minimum absolute atomic E-state index is 0.0861. The molecule has 1 aromatic heterocycles. The molecule has 0 bridgehead atoms. The van der Waals surface area contributed by atoms with E-state index in [4.69, 9.17) is 4.74 Å². The summed E-state index contributed by atoms with van der Waals surface area (Å²) < 4.78 is 6.96. The van der Waals surface area contributed by atoms with E-state index in [9.17, 15) is 9.59 Å². The molecule has 9 heteroatoms. The number of para-hydroxylation sites is 1. The Kier molecular flexibility index (Phi) is 7.66. The first-order valence-electron chi connectivity index (χ1n) is 9.84. The van der Waals surface area contributed by atoms with Crippen molar-refractivity contribution in [2.45, 2.75) is 32.0 Å². The number of anilines is 2. The van der Waals surface area contributed by atoms with Gasteiger partial charge in [0.2, 0.25) is 11.8 Å². The summed E-state index contributed by atoms with van der Waals surface area (Å²) in [5.74, 6) is 1.15. The Labute approximate surface area is 185 Å². The quantitative estimate of drug-likeness (QED) is 0.495. The molecule has 162 valence electrons. The summed E-state index contributed by atoms with van der Waals surface area (Å²) in [5, 5.41) is 14.7. The first kappa shape index (κ1) is 22.4. The van der Waals surface area contributed by atoms with Gasteiger partial charge in [-0.1, -0.05) is 30.0 Å². The first-order valence-corrected chi connectivity index (χ1v) is 10.8. The van der Waals surface area contributed by atoms with Crippen molar-refractivity contribution in [2.75, 3.05) is 23.5 Å². The van der Waals surface area contributed by atoms with E-state index in [1.807, 2.05) is 42.7 Å². The summed E-state index contributed by atoms with van der Waals surface area (Å²) in [7, 11) is 1.59. The Morgan fingerprint density at radius 1 is 1.03 bits per heavy atom. The van der Waals surface area contributed by atoms with Crippen molar-refractivity contribution in [3.8, 4) is 5.75 Å². The molecule has 3 aromatic rings. The third-order valence-corrected chi connectivity index (χ3v) is 5.52. The molecule has 8 nitrogen and oxygen atoms in total. The third-order valence-electron chi connectivity index (χ3n) is 4.55. The molecule has 3 rings (SSSR count). The zero-order valence-corrected chi connectivity index (χ0v) is 18.5. The SMILES string of the molecule is CCn1c(CC(=O)Nc2ccc(OC)cc2)nnc1SCC(=O)Nc1ccccc1C. The molecule has 0 unspecified atom stereocenters. The van der Waals surface area contributed by atoms with Gasteiger partial charge < -0.3 is 19.9 Å². The summed E-state index contributed by atoms with van der Waals surface area (Å²) in [6.45, 7) is 4.49. The molecule has 31 heavy (non-hydrogen) atoms. The summed E-state index contributed by atoms with van der Waals surface area (Å²) in [6, 6.07) is 14.7. The van der Waals surface area contributed by atoms with Gasteiger partial charge in [0.15, 0.2) is 5.16 Å². The zero-order chi connectivity index (χ0) is 22.2. The van der Waals surface area contributed by atoms with Gasteiger partial charge in [-0.2, -0.15) is 0 Å². The molecule has 0 radical (unpaired) electrons. The lowest BCUT2D eigenvalue weighted by molar-refractivity contribution is -0.116. The number of aromatic nitrogens is 3. The van der Waals surface area contributed by atoms with Crippen LogP contribution in [-0.4, -0.2) is 39.4 Å². The van der Waals surface area contributed by atoms with Crippen molar-refractivity contribution in [3.05, 3.63) is 59.9 Å². The Bertz CT molecular complexity index is 1050. The molecule has 2 aromatic carbocycles. The minimum atomic E-state index is -0.193. The fraction of sp³-hybridized carbons (Fsp3) is 0.273. The third kappa shape index (κ3) is 6.08. The van der Waals surface area contributed by atoms with Crippen LogP contribution < -0.4 is 15.4 Å². The molecular weight excluding hydrogens is 414 g/mol. The lowest BCUT2D eigenvalue weighted by atomic mass is 10.2. The highest BCUT2D eigenvalue weighted by Gasteiger charge is 2.16. The highest BCUT2D eigenvalue weighted by atomic mass is 32.2. The number of nitrogens with zero attached hydrogens (tertiary/aromatic N) is 3. The Morgan fingerprint density at radius 3 is 2.45 bits per heavy atom. The second-order valence-electron chi connectivity index (χ2n) is 6.75. The lowest BCUT2D eigenvalue weighted by Crippen LogP contribution is -2.18. The van der Waals surface area contributed by atoms with Gasteiger partial charge in [0.25, 0.3) is 0 Å². The number of amides is 2. The fourth-order valence-corrected chi connectivity index (χ4v) is 3.75. The first-order chi connectivity index (χ1) is 15.0. The molecule has 0 saturated carbocycles. The van der Waals surface area contributed by atoms with Gasteiger partial charge in [0.1, 0.15) is 11.6 Å². The van der Waals surface area contributed by atoms with Crippen molar-refractivity contribution < 1.29 is 14.3 Å². The Balaban J connectivity index is 1.57. The molecule has 0 aliphatic rings. The molecular formula is C22H25N5O3S. The maximum atomic E-state index is 12.4. The summed E-state index contributed by atoms with van der Waals surface area (Å²) >= 11 is 1.29. The average molecular weight is 440 g/mol. The topological polar surface area (TPSA) is 98.1 Å². The second-order valence-corrected chi connectivity index (χ2v) is 7.69. The van der Waals surface area contributed by atoms with E-state index in [-0.39, 0.29) is 24.0 Å². The smallest absolute Gasteiger partial charge is 0.234 e. The van der Waals surface area contributed by atoms with Crippen LogP contribution in [0.25, 0.3) is 0 Å². The Morgan fingerprint density at radius 2 is 1.77 bits per heavy atom. The molecule has 0 aliphatic heterocycles. The van der Waals surface area contributed by atoms with Crippen molar-refractivity contribution in [2.24, 2.45) is 0 Å². The molecule has 0 atom stereocenters. The predicted molar refractivity (Wildman–Crippen MR) is 122 cm³/mol. The van der Waals surface area contributed by atoms with Crippen molar-refractivity contribution >= 4 is 35.0 Å². The molecule has 0 spiro atoms. The standard InChI is InChI=1S/C22H25N5O3S/c1-4-27-19(13-20(28)23-16-9-11-17(30-3)12-10-16)25-26-22(27)31-14-21(29)24-18-8-6-5-7-15(18)2/h5-12H,4,13-14H2,1-3H3,(H,23,28)(H,24,29). The maximum absolute atomic E-state index is 12.4. The van der Waals surface area contributed by atoms with Gasteiger partial charge in [0.05, 0.1) is 19.3 Å². The van der Waals surface area contributed by atoms with Crippen LogP contribution >= 0.6 is 11.8 Å². The van der Waals surface area contributed by atoms with Crippen LogP contribution in [0.5, 0.6) is 5.75 Å². The van der Waals surface area contributed by atoms with Gasteiger partial charge in [-0.15, -0.1) is 10.2 Å². The number of rotatable bonds is 9. The van der Waals surface area contributed by atoms with E-state index in [1.54, 1.807) is 31.4 Å². The molecule has 0 aliphatic carbocycles. The number of thioether (sulfide) groups is 1. The average Bonchev–Trinajstić information content (AvgIpc) is 3.15. The monoisotopic (exact) mass is 439 g/mol. The fourth-order valence-electron chi connectivity index (χ4n) is 2.93. The highest BCUT2D eigenvalue weighted by molar-refractivity contribution is 7.99. The van der Waals surface area contributed by atoms with Crippen LogP contribution in [0.15, 0.2) is 53.7 Å². The molecule has 0 fully saturated rings. The van der Waals surface area contributed by atoms with Crippen LogP contribution in [-0.2, 0) is 22.6 Å². The van der Waals surface area contributed by atoms with Crippen molar-refractivity contribution in [3.63, 3.8) is 0 Å². The van der Waals surface area contributed by atoms with Crippen LogP contribution in [0.1, 0.15) is 18.3 Å². The molecule has 0 saturated heterocycles. The largest absolute Gasteiger partial charge is 0.497 e. The summed E-state index contributed by atoms with van der Waals surface area (Å²) in [4.78, 5) is 24.7. The number of hydrogen-bond acceptors (Lipinski definition) is 6. The zero-order valence-electron chi connectivity index (χ0n) is 17.7. The number of carbonyl (C=O) groups is 2. The number of nitrogens with one attached hydrogen (secondary N) is 2.